The first-order chi connectivity index (χ1) is 8.99. The maximum absolute atomic E-state index is 13.3. The van der Waals surface area contributed by atoms with Gasteiger partial charge in [0.1, 0.15) is 0 Å². The summed E-state index contributed by atoms with van der Waals surface area (Å²) >= 11 is 0. The second kappa shape index (κ2) is 7.01. The van der Waals surface area contributed by atoms with Gasteiger partial charge in [-0.25, -0.2) is 13.2 Å². The first-order valence-corrected chi connectivity index (χ1v) is 6.16. The molecule has 2 N–H and O–H groups in total. The lowest BCUT2D eigenvalue weighted by molar-refractivity contribution is -0.120. The van der Waals surface area contributed by atoms with Crippen molar-refractivity contribution in [2.75, 3.05) is 11.9 Å². The molecule has 0 atom stereocenters. The van der Waals surface area contributed by atoms with Crippen molar-refractivity contribution in [3.8, 4) is 0 Å². The van der Waals surface area contributed by atoms with Crippen molar-refractivity contribution in [1.82, 2.24) is 5.32 Å². The Hall–Kier alpha value is -1.72. The van der Waals surface area contributed by atoms with Crippen molar-refractivity contribution in [3.63, 3.8) is 0 Å². The molecular weight excluding hydrogens is 257 g/mol. The highest BCUT2D eigenvalue weighted by Crippen LogP contribution is 2.19. The summed E-state index contributed by atoms with van der Waals surface area (Å²) in [6.07, 6.45) is 1.59. The van der Waals surface area contributed by atoms with Crippen LogP contribution in [0.2, 0.25) is 0 Å². The summed E-state index contributed by atoms with van der Waals surface area (Å²) in [5.41, 5.74) is -0.237. The van der Waals surface area contributed by atoms with E-state index >= 15 is 0 Å². The van der Waals surface area contributed by atoms with Gasteiger partial charge in [-0.1, -0.05) is 13.8 Å². The van der Waals surface area contributed by atoms with E-state index in [1.54, 1.807) is 0 Å². The average molecular weight is 274 g/mol. The van der Waals surface area contributed by atoms with E-state index in [4.69, 9.17) is 0 Å². The maximum atomic E-state index is 13.3. The smallest absolute Gasteiger partial charge is 0.239 e. The molecule has 0 aliphatic carbocycles. The van der Waals surface area contributed by atoms with Crippen LogP contribution in [0.3, 0.4) is 0 Å². The minimum atomic E-state index is -1.55. The fraction of sp³-hybridized carbons (Fsp3) is 0.462. The van der Waals surface area contributed by atoms with Crippen molar-refractivity contribution >= 4 is 11.6 Å². The zero-order valence-corrected chi connectivity index (χ0v) is 10.9. The van der Waals surface area contributed by atoms with Gasteiger partial charge >= 0.3 is 0 Å². The fourth-order valence-electron chi connectivity index (χ4n) is 1.61. The quantitative estimate of drug-likeness (QED) is 0.783. The number of carbonyl (C=O) groups excluding carboxylic acids is 1. The Balaban J connectivity index is 2.58. The first-order valence-electron chi connectivity index (χ1n) is 6.16. The van der Waals surface area contributed by atoms with Gasteiger partial charge in [-0.05, 0) is 25.0 Å². The molecule has 0 bridgehead atoms. The van der Waals surface area contributed by atoms with E-state index in [9.17, 15) is 18.0 Å². The van der Waals surface area contributed by atoms with Gasteiger partial charge in [-0.2, -0.15) is 0 Å². The predicted molar refractivity (Wildman–Crippen MR) is 67.3 cm³/mol. The number of hydrogen-bond donors (Lipinski definition) is 2. The lowest BCUT2D eigenvalue weighted by Crippen LogP contribution is -2.37. The fourth-order valence-corrected chi connectivity index (χ4v) is 1.61. The number of rotatable bonds is 6. The number of hydrogen-bond acceptors (Lipinski definition) is 2. The summed E-state index contributed by atoms with van der Waals surface area (Å²) in [5.74, 6) is -4.46. The summed E-state index contributed by atoms with van der Waals surface area (Å²) in [6.45, 7) is 3.69. The molecule has 0 fully saturated rings. The molecule has 1 amide bonds. The topological polar surface area (TPSA) is 41.1 Å². The Bertz CT molecular complexity index is 448. The molecule has 0 aromatic heterocycles. The van der Waals surface area contributed by atoms with Crippen LogP contribution >= 0.6 is 0 Å². The number of anilines is 1. The Labute approximate surface area is 110 Å². The largest absolute Gasteiger partial charge is 0.374 e. The number of nitrogens with one attached hydrogen (secondary N) is 2. The molecule has 0 saturated carbocycles. The van der Waals surface area contributed by atoms with Crippen LogP contribution in [0, 0.1) is 17.5 Å². The Morgan fingerprint density at radius 3 is 2.37 bits per heavy atom. The molecule has 1 rings (SSSR count). The second-order valence-electron chi connectivity index (χ2n) is 4.16. The Morgan fingerprint density at radius 1 is 1.16 bits per heavy atom. The number of amides is 1. The van der Waals surface area contributed by atoms with Crippen LogP contribution in [-0.4, -0.2) is 18.5 Å². The van der Waals surface area contributed by atoms with Gasteiger partial charge in [0.25, 0.3) is 0 Å². The molecule has 0 heterocycles. The summed E-state index contributed by atoms with van der Waals surface area (Å²) in [5, 5.41) is 5.18. The zero-order valence-electron chi connectivity index (χ0n) is 10.9. The summed E-state index contributed by atoms with van der Waals surface area (Å²) in [7, 11) is 0. The number of benzene rings is 1. The van der Waals surface area contributed by atoms with Crippen LogP contribution < -0.4 is 10.6 Å². The Kier molecular flexibility index (Phi) is 5.66. The van der Waals surface area contributed by atoms with Crippen molar-refractivity contribution in [1.29, 1.82) is 0 Å². The Morgan fingerprint density at radius 2 is 1.79 bits per heavy atom. The first kappa shape index (κ1) is 15.3. The standard InChI is InChI=1S/C13H17F3N2O/c1-3-8(4-2)18-11(19)7-17-10-6-5-9(14)12(15)13(10)16/h5-6,8,17H,3-4,7H2,1-2H3,(H,18,19). The molecular formula is C13H17F3N2O. The van der Waals surface area contributed by atoms with Gasteiger partial charge in [0.05, 0.1) is 12.2 Å². The molecule has 0 radical (unpaired) electrons. The molecule has 0 unspecified atom stereocenters. The lowest BCUT2D eigenvalue weighted by Gasteiger charge is -2.15. The maximum Gasteiger partial charge on any atom is 0.239 e. The SMILES string of the molecule is CCC(CC)NC(=O)CNc1ccc(F)c(F)c1F. The van der Waals surface area contributed by atoms with Crippen molar-refractivity contribution in [2.45, 2.75) is 32.7 Å². The van der Waals surface area contributed by atoms with E-state index in [0.29, 0.717) is 0 Å². The van der Waals surface area contributed by atoms with E-state index in [-0.39, 0.29) is 24.2 Å². The van der Waals surface area contributed by atoms with Crippen LogP contribution in [0.4, 0.5) is 18.9 Å². The van der Waals surface area contributed by atoms with Gasteiger partial charge < -0.3 is 10.6 Å². The highest BCUT2D eigenvalue weighted by atomic mass is 19.2. The molecule has 0 aliphatic heterocycles. The van der Waals surface area contributed by atoms with Gasteiger partial charge in [0.15, 0.2) is 17.5 Å². The van der Waals surface area contributed by atoms with Crippen LogP contribution in [0.5, 0.6) is 0 Å². The molecule has 0 aliphatic rings. The average Bonchev–Trinajstić information content (AvgIpc) is 2.41. The third kappa shape index (κ3) is 4.15. The van der Waals surface area contributed by atoms with E-state index in [2.05, 4.69) is 10.6 Å². The van der Waals surface area contributed by atoms with Crippen LogP contribution in [-0.2, 0) is 4.79 Å². The molecule has 1 aromatic carbocycles. The lowest BCUT2D eigenvalue weighted by atomic mass is 10.2. The molecule has 1 aromatic rings. The minimum Gasteiger partial charge on any atom is -0.374 e. The zero-order chi connectivity index (χ0) is 14.4. The van der Waals surface area contributed by atoms with E-state index in [1.165, 1.54) is 0 Å². The monoisotopic (exact) mass is 274 g/mol. The number of carbonyl (C=O) groups is 1. The van der Waals surface area contributed by atoms with Gasteiger partial charge in [0, 0.05) is 6.04 Å². The van der Waals surface area contributed by atoms with E-state index in [0.717, 1.165) is 25.0 Å². The minimum absolute atomic E-state index is 0.0594. The van der Waals surface area contributed by atoms with Crippen molar-refractivity contribution < 1.29 is 18.0 Å². The summed E-state index contributed by atoms with van der Waals surface area (Å²) in [6, 6.07) is 1.92. The summed E-state index contributed by atoms with van der Waals surface area (Å²) in [4.78, 5) is 11.5. The normalized spacial score (nSPS) is 10.6. The van der Waals surface area contributed by atoms with Gasteiger partial charge in [-0.15, -0.1) is 0 Å². The van der Waals surface area contributed by atoms with Crippen molar-refractivity contribution in [3.05, 3.63) is 29.6 Å². The second-order valence-corrected chi connectivity index (χ2v) is 4.16. The highest BCUT2D eigenvalue weighted by molar-refractivity contribution is 5.81. The third-order valence-electron chi connectivity index (χ3n) is 2.83. The number of halogens is 3. The molecule has 106 valence electrons. The van der Waals surface area contributed by atoms with Crippen LogP contribution in [0.25, 0.3) is 0 Å². The van der Waals surface area contributed by atoms with Gasteiger partial charge in [0.2, 0.25) is 5.91 Å². The summed E-state index contributed by atoms with van der Waals surface area (Å²) < 4.78 is 38.9. The molecule has 3 nitrogen and oxygen atoms in total. The van der Waals surface area contributed by atoms with Crippen molar-refractivity contribution in [2.24, 2.45) is 0 Å². The van der Waals surface area contributed by atoms with E-state index in [1.807, 2.05) is 13.8 Å². The van der Waals surface area contributed by atoms with Crippen LogP contribution in [0.15, 0.2) is 12.1 Å². The highest BCUT2D eigenvalue weighted by Gasteiger charge is 2.14. The van der Waals surface area contributed by atoms with E-state index < -0.39 is 17.5 Å². The predicted octanol–water partition coefficient (Wildman–Crippen LogP) is 2.82. The van der Waals surface area contributed by atoms with Crippen LogP contribution in [0.1, 0.15) is 26.7 Å². The third-order valence-corrected chi connectivity index (χ3v) is 2.83. The molecule has 0 saturated heterocycles. The molecule has 19 heavy (non-hydrogen) atoms. The van der Waals surface area contributed by atoms with Gasteiger partial charge in [-0.3, -0.25) is 4.79 Å². The molecule has 0 spiro atoms. The molecule has 6 heteroatoms.